The summed E-state index contributed by atoms with van der Waals surface area (Å²) in [5.74, 6) is 0.898. The lowest BCUT2D eigenvalue weighted by molar-refractivity contribution is 0.415. The van der Waals surface area contributed by atoms with E-state index in [1.165, 1.54) is 16.3 Å². The van der Waals surface area contributed by atoms with Crippen LogP contribution in [0.2, 0.25) is 0 Å². The lowest BCUT2D eigenvalue weighted by Gasteiger charge is -2.15. The van der Waals surface area contributed by atoms with Gasteiger partial charge >= 0.3 is 0 Å². The van der Waals surface area contributed by atoms with Crippen molar-refractivity contribution in [3.8, 4) is 5.75 Å². The minimum atomic E-state index is 0.345. The van der Waals surface area contributed by atoms with Gasteiger partial charge in [0.1, 0.15) is 5.75 Å². The highest BCUT2D eigenvalue weighted by atomic mass is 16.5. The van der Waals surface area contributed by atoms with Gasteiger partial charge in [-0.05, 0) is 61.0 Å². The first-order valence-corrected chi connectivity index (χ1v) is 6.75. The van der Waals surface area contributed by atoms with E-state index < -0.39 is 0 Å². The summed E-state index contributed by atoms with van der Waals surface area (Å²) in [5.41, 5.74) is 6.80. The van der Waals surface area contributed by atoms with Gasteiger partial charge in [-0.2, -0.15) is 0 Å². The summed E-state index contributed by atoms with van der Waals surface area (Å²) in [6, 6.07) is 13.1. The number of hydrogen-bond donors (Lipinski definition) is 2. The molecular weight excluding hydrogens is 236 g/mol. The van der Waals surface area contributed by atoms with Crippen LogP contribution in [-0.4, -0.2) is 20.2 Å². The number of hydrogen-bond acceptors (Lipinski definition) is 3. The lowest BCUT2D eigenvalue weighted by Crippen LogP contribution is -2.21. The van der Waals surface area contributed by atoms with Gasteiger partial charge < -0.3 is 15.8 Å². The van der Waals surface area contributed by atoms with E-state index in [1.807, 2.05) is 6.07 Å². The summed E-state index contributed by atoms with van der Waals surface area (Å²) < 4.78 is 5.24. The SMILES string of the molecule is COc1ccc2cc(C(C)NCCCN)ccc2c1. The number of benzene rings is 2. The Morgan fingerprint density at radius 3 is 2.63 bits per heavy atom. The topological polar surface area (TPSA) is 47.3 Å². The molecule has 0 amide bonds. The van der Waals surface area contributed by atoms with Gasteiger partial charge in [0.25, 0.3) is 0 Å². The predicted octanol–water partition coefficient (Wildman–Crippen LogP) is 2.85. The highest BCUT2D eigenvalue weighted by molar-refractivity contribution is 5.84. The van der Waals surface area contributed by atoms with Crippen molar-refractivity contribution < 1.29 is 4.74 Å². The number of ether oxygens (including phenoxy) is 1. The maximum atomic E-state index is 5.50. The number of methoxy groups -OCH3 is 1. The fraction of sp³-hybridized carbons (Fsp3) is 0.375. The Kier molecular flexibility index (Phi) is 4.77. The van der Waals surface area contributed by atoms with E-state index in [0.29, 0.717) is 6.04 Å². The largest absolute Gasteiger partial charge is 0.497 e. The fourth-order valence-corrected chi connectivity index (χ4v) is 2.18. The normalized spacial score (nSPS) is 12.6. The highest BCUT2D eigenvalue weighted by Gasteiger charge is 2.05. The molecule has 2 aromatic rings. The first-order valence-electron chi connectivity index (χ1n) is 6.75. The molecule has 0 aliphatic rings. The van der Waals surface area contributed by atoms with Crippen LogP contribution < -0.4 is 15.8 Å². The minimum Gasteiger partial charge on any atom is -0.497 e. The number of nitrogens with one attached hydrogen (secondary N) is 1. The lowest BCUT2D eigenvalue weighted by atomic mass is 10.0. The zero-order chi connectivity index (χ0) is 13.7. The van der Waals surface area contributed by atoms with Gasteiger partial charge in [-0.1, -0.05) is 18.2 Å². The van der Waals surface area contributed by atoms with Gasteiger partial charge in [0, 0.05) is 6.04 Å². The Hall–Kier alpha value is -1.58. The average molecular weight is 258 g/mol. The van der Waals surface area contributed by atoms with Crippen molar-refractivity contribution in [1.29, 1.82) is 0 Å². The molecule has 0 heterocycles. The summed E-state index contributed by atoms with van der Waals surface area (Å²) in [7, 11) is 1.69. The molecule has 2 rings (SSSR count). The maximum Gasteiger partial charge on any atom is 0.119 e. The molecule has 0 aliphatic carbocycles. The summed E-state index contributed by atoms with van der Waals surface area (Å²) in [4.78, 5) is 0. The van der Waals surface area contributed by atoms with Crippen molar-refractivity contribution in [1.82, 2.24) is 5.32 Å². The molecule has 3 nitrogen and oxygen atoms in total. The van der Waals surface area contributed by atoms with Gasteiger partial charge in [-0.3, -0.25) is 0 Å². The first-order chi connectivity index (χ1) is 9.24. The van der Waals surface area contributed by atoms with Crippen LogP contribution in [0.4, 0.5) is 0 Å². The van der Waals surface area contributed by atoms with Crippen LogP contribution in [0, 0.1) is 0 Å². The summed E-state index contributed by atoms with van der Waals surface area (Å²) in [5, 5.41) is 5.93. The Labute approximate surface area is 114 Å². The van der Waals surface area contributed by atoms with Crippen molar-refractivity contribution in [3.63, 3.8) is 0 Å². The third-order valence-corrected chi connectivity index (χ3v) is 3.40. The van der Waals surface area contributed by atoms with Crippen LogP contribution in [0.5, 0.6) is 5.75 Å². The van der Waals surface area contributed by atoms with Crippen LogP contribution >= 0.6 is 0 Å². The summed E-state index contributed by atoms with van der Waals surface area (Å²) in [6.45, 7) is 3.87. The molecule has 19 heavy (non-hydrogen) atoms. The molecule has 3 heteroatoms. The Morgan fingerprint density at radius 2 is 1.89 bits per heavy atom. The molecule has 0 saturated carbocycles. The number of fused-ring (bicyclic) bond motifs is 1. The second-order valence-corrected chi connectivity index (χ2v) is 4.79. The third-order valence-electron chi connectivity index (χ3n) is 3.40. The monoisotopic (exact) mass is 258 g/mol. The minimum absolute atomic E-state index is 0.345. The molecule has 0 spiro atoms. The van der Waals surface area contributed by atoms with E-state index in [4.69, 9.17) is 10.5 Å². The van der Waals surface area contributed by atoms with Crippen LogP contribution in [-0.2, 0) is 0 Å². The zero-order valence-electron chi connectivity index (χ0n) is 11.6. The van der Waals surface area contributed by atoms with E-state index >= 15 is 0 Å². The zero-order valence-corrected chi connectivity index (χ0v) is 11.6. The molecule has 1 atom stereocenters. The molecule has 1 unspecified atom stereocenters. The Balaban J connectivity index is 2.16. The van der Waals surface area contributed by atoms with Crippen molar-refractivity contribution in [2.24, 2.45) is 5.73 Å². The van der Waals surface area contributed by atoms with E-state index in [9.17, 15) is 0 Å². The Bertz CT molecular complexity index is 539. The van der Waals surface area contributed by atoms with Gasteiger partial charge in [-0.15, -0.1) is 0 Å². The molecular formula is C16H22N2O. The van der Waals surface area contributed by atoms with Crippen molar-refractivity contribution in [3.05, 3.63) is 42.0 Å². The highest BCUT2D eigenvalue weighted by Crippen LogP contribution is 2.24. The quantitative estimate of drug-likeness (QED) is 0.783. The van der Waals surface area contributed by atoms with Crippen LogP contribution in [0.1, 0.15) is 24.9 Å². The summed E-state index contributed by atoms with van der Waals surface area (Å²) >= 11 is 0. The molecule has 0 aromatic heterocycles. The van der Waals surface area contributed by atoms with Crippen molar-refractivity contribution in [2.45, 2.75) is 19.4 Å². The third kappa shape index (κ3) is 3.46. The standard InChI is InChI=1S/C16H22N2O/c1-12(18-9-3-8-17)13-4-5-15-11-16(19-2)7-6-14(15)10-13/h4-7,10-12,18H,3,8-9,17H2,1-2H3. The van der Waals surface area contributed by atoms with Crippen molar-refractivity contribution >= 4 is 10.8 Å². The predicted molar refractivity (Wildman–Crippen MR) is 80.6 cm³/mol. The molecule has 0 aliphatic heterocycles. The van der Waals surface area contributed by atoms with Crippen LogP contribution in [0.25, 0.3) is 10.8 Å². The molecule has 0 fully saturated rings. The summed E-state index contributed by atoms with van der Waals surface area (Å²) in [6.07, 6.45) is 1.01. The van der Waals surface area contributed by atoms with Gasteiger partial charge in [-0.25, -0.2) is 0 Å². The van der Waals surface area contributed by atoms with Gasteiger partial charge in [0.15, 0.2) is 0 Å². The van der Waals surface area contributed by atoms with E-state index in [2.05, 4.69) is 42.6 Å². The first kappa shape index (κ1) is 13.8. The number of nitrogens with two attached hydrogens (primary N) is 1. The van der Waals surface area contributed by atoms with E-state index in [-0.39, 0.29) is 0 Å². The van der Waals surface area contributed by atoms with E-state index in [1.54, 1.807) is 7.11 Å². The molecule has 0 radical (unpaired) electrons. The van der Waals surface area contributed by atoms with Crippen LogP contribution in [0.15, 0.2) is 36.4 Å². The van der Waals surface area contributed by atoms with Crippen molar-refractivity contribution in [2.75, 3.05) is 20.2 Å². The molecule has 3 N–H and O–H groups in total. The molecule has 2 aromatic carbocycles. The van der Waals surface area contributed by atoms with Gasteiger partial charge in [0.05, 0.1) is 7.11 Å². The smallest absolute Gasteiger partial charge is 0.119 e. The number of rotatable bonds is 6. The molecule has 0 saturated heterocycles. The second-order valence-electron chi connectivity index (χ2n) is 4.79. The fourth-order valence-electron chi connectivity index (χ4n) is 2.18. The average Bonchev–Trinajstić information content (AvgIpc) is 2.46. The Morgan fingerprint density at radius 1 is 1.16 bits per heavy atom. The van der Waals surface area contributed by atoms with Crippen LogP contribution in [0.3, 0.4) is 0 Å². The van der Waals surface area contributed by atoms with Gasteiger partial charge in [0.2, 0.25) is 0 Å². The molecule has 102 valence electrons. The van der Waals surface area contributed by atoms with E-state index in [0.717, 1.165) is 25.3 Å². The second kappa shape index (κ2) is 6.55. The molecule has 0 bridgehead atoms. The maximum absolute atomic E-state index is 5.50.